The molecule has 0 spiro atoms. The molecule has 0 unspecified atom stereocenters. The number of hydrogen-bond acceptors (Lipinski definition) is 7. The van der Waals surface area contributed by atoms with Gasteiger partial charge in [-0.2, -0.15) is 0 Å². The normalized spacial score (nSPS) is 10.8. The van der Waals surface area contributed by atoms with Crippen LogP contribution in [0.2, 0.25) is 0 Å². The predicted molar refractivity (Wildman–Crippen MR) is 76.0 cm³/mol. The van der Waals surface area contributed by atoms with E-state index in [9.17, 15) is 0 Å². The van der Waals surface area contributed by atoms with E-state index in [0.29, 0.717) is 11.6 Å². The molecule has 0 bridgehead atoms. The van der Waals surface area contributed by atoms with Crippen molar-refractivity contribution >= 4 is 30.6 Å². The highest BCUT2D eigenvalue weighted by Gasteiger charge is 2.16. The Morgan fingerprint density at radius 3 is 2.84 bits per heavy atom. The lowest BCUT2D eigenvalue weighted by Crippen LogP contribution is -2.12. The zero-order valence-electron chi connectivity index (χ0n) is 10.4. The van der Waals surface area contributed by atoms with Crippen molar-refractivity contribution < 1.29 is 4.42 Å². The molecule has 2 N–H and O–H groups in total. The van der Waals surface area contributed by atoms with Crippen LogP contribution in [0.4, 0.5) is 5.82 Å². The van der Waals surface area contributed by atoms with Gasteiger partial charge in [-0.1, -0.05) is 0 Å². The van der Waals surface area contributed by atoms with Crippen molar-refractivity contribution in [2.75, 3.05) is 5.73 Å². The van der Waals surface area contributed by atoms with Gasteiger partial charge >= 0.3 is 0 Å². The van der Waals surface area contributed by atoms with Crippen LogP contribution in [0.3, 0.4) is 0 Å². The van der Waals surface area contributed by atoms with Crippen molar-refractivity contribution in [3.8, 4) is 22.4 Å². The molecule has 0 aliphatic carbocycles. The maximum atomic E-state index is 5.78. The summed E-state index contributed by atoms with van der Waals surface area (Å²) in [5, 5.41) is 10.0. The van der Waals surface area contributed by atoms with Gasteiger partial charge in [0.05, 0.1) is 4.88 Å². The van der Waals surface area contributed by atoms with E-state index in [4.69, 9.17) is 10.2 Å². The Morgan fingerprint density at radius 1 is 1.32 bits per heavy atom. The smallest absolute Gasteiger partial charge is 0.270 e. The summed E-state index contributed by atoms with van der Waals surface area (Å²) in [6.07, 6.45) is 1.60. The Kier molecular flexibility index (Phi) is 2.79. The summed E-state index contributed by atoms with van der Waals surface area (Å²) in [6.45, 7) is 2.00. The van der Waals surface area contributed by atoms with E-state index in [-0.39, 0.29) is 11.7 Å². The Hall–Kier alpha value is -2.22. The lowest BCUT2D eigenvalue weighted by atomic mass is 10.1. The first-order valence-electron chi connectivity index (χ1n) is 5.62. The summed E-state index contributed by atoms with van der Waals surface area (Å²) < 4.78 is 5.64. The first-order valence-corrected chi connectivity index (χ1v) is 6.50. The zero-order valence-corrected chi connectivity index (χ0v) is 11.2. The molecule has 3 rings (SSSR count). The molecule has 0 aromatic carbocycles. The second-order valence-corrected chi connectivity index (χ2v) is 5.01. The van der Waals surface area contributed by atoms with E-state index in [1.54, 1.807) is 17.5 Å². The van der Waals surface area contributed by atoms with Gasteiger partial charge in [0.1, 0.15) is 0 Å². The molecule has 3 heterocycles. The molecular weight excluding hydrogens is 261 g/mol. The highest BCUT2D eigenvalue weighted by atomic mass is 32.1. The highest BCUT2D eigenvalue weighted by Crippen LogP contribution is 2.30. The summed E-state index contributed by atoms with van der Waals surface area (Å²) in [6, 6.07) is 2.00. The van der Waals surface area contributed by atoms with E-state index >= 15 is 0 Å². The molecule has 3 aromatic rings. The monoisotopic (exact) mass is 271 g/mol. The van der Waals surface area contributed by atoms with Gasteiger partial charge < -0.3 is 10.2 Å². The van der Waals surface area contributed by atoms with Crippen molar-refractivity contribution in [2.45, 2.75) is 6.92 Å². The van der Waals surface area contributed by atoms with Crippen LogP contribution in [0.5, 0.6) is 0 Å². The van der Waals surface area contributed by atoms with E-state index in [1.165, 1.54) is 0 Å². The molecular formula is C11H10BN5OS. The lowest BCUT2D eigenvalue weighted by molar-refractivity contribution is 0.583. The maximum Gasteiger partial charge on any atom is 0.270 e. The lowest BCUT2D eigenvalue weighted by Gasteiger charge is -1.99. The predicted octanol–water partition coefficient (Wildman–Crippen LogP) is 0.404. The minimum atomic E-state index is 0.281. The summed E-state index contributed by atoms with van der Waals surface area (Å²) in [7, 11) is 1.83. The average Bonchev–Trinajstić information content (AvgIpc) is 3.00. The molecule has 0 fully saturated rings. The Bertz CT molecular complexity index is 738. The van der Waals surface area contributed by atoms with Crippen molar-refractivity contribution in [2.24, 2.45) is 0 Å². The fraction of sp³-hybridized carbons (Fsp3) is 0.0909. The molecule has 8 heteroatoms. The number of aromatic nitrogens is 4. The number of nitrogens with zero attached hydrogens (tertiary/aromatic N) is 4. The first-order chi connectivity index (χ1) is 9.15. The summed E-state index contributed by atoms with van der Waals surface area (Å²) >= 11 is 1.55. The largest absolute Gasteiger partial charge is 0.414 e. The number of anilines is 1. The van der Waals surface area contributed by atoms with Crippen LogP contribution in [0.1, 0.15) is 5.56 Å². The number of hydrogen-bond donors (Lipinski definition) is 1. The van der Waals surface area contributed by atoms with Crippen molar-refractivity contribution in [3.63, 3.8) is 0 Å². The molecule has 0 aliphatic rings. The first kappa shape index (κ1) is 11.9. The minimum absolute atomic E-state index is 0.281. The Labute approximate surface area is 114 Å². The molecule has 3 aromatic heterocycles. The van der Waals surface area contributed by atoms with Crippen LogP contribution < -0.4 is 11.3 Å². The SMILES string of the molecule is Bc1cnc(N)c(-c2nnc(-c3sccc3C)o2)n1. The van der Waals surface area contributed by atoms with Crippen LogP contribution in [0.15, 0.2) is 22.1 Å². The molecule has 19 heavy (non-hydrogen) atoms. The minimum Gasteiger partial charge on any atom is -0.414 e. The van der Waals surface area contributed by atoms with Gasteiger partial charge in [-0.25, -0.2) is 4.98 Å². The van der Waals surface area contributed by atoms with E-state index < -0.39 is 0 Å². The summed E-state index contributed by atoms with van der Waals surface area (Å²) in [5.74, 6) is 1.05. The number of aryl methyl sites for hydroxylation is 1. The van der Waals surface area contributed by atoms with Gasteiger partial charge in [-0.3, -0.25) is 4.98 Å². The number of rotatable bonds is 2. The molecule has 0 amide bonds. The third-order valence-corrected chi connectivity index (χ3v) is 3.61. The molecule has 6 nitrogen and oxygen atoms in total. The molecule has 0 saturated heterocycles. The average molecular weight is 271 g/mol. The van der Waals surface area contributed by atoms with Crippen LogP contribution in [0, 0.1) is 6.92 Å². The van der Waals surface area contributed by atoms with Crippen molar-refractivity contribution in [1.82, 2.24) is 20.2 Å². The van der Waals surface area contributed by atoms with E-state index in [0.717, 1.165) is 16.0 Å². The molecule has 0 aliphatic heterocycles. The van der Waals surface area contributed by atoms with Gasteiger partial charge in [-0.05, 0) is 23.9 Å². The molecule has 0 saturated carbocycles. The fourth-order valence-corrected chi connectivity index (χ4v) is 2.49. The highest BCUT2D eigenvalue weighted by molar-refractivity contribution is 7.13. The second kappa shape index (κ2) is 4.47. The van der Waals surface area contributed by atoms with Gasteiger partial charge in [0.2, 0.25) is 0 Å². The van der Waals surface area contributed by atoms with Gasteiger partial charge in [-0.15, -0.1) is 21.5 Å². The van der Waals surface area contributed by atoms with E-state index in [1.807, 2.05) is 26.2 Å². The molecule has 0 radical (unpaired) electrons. The topological polar surface area (TPSA) is 90.7 Å². The second-order valence-electron chi connectivity index (χ2n) is 4.09. The van der Waals surface area contributed by atoms with Crippen LogP contribution in [-0.2, 0) is 0 Å². The van der Waals surface area contributed by atoms with Crippen molar-refractivity contribution in [1.29, 1.82) is 0 Å². The Balaban J connectivity index is 2.06. The third-order valence-electron chi connectivity index (χ3n) is 2.61. The third kappa shape index (κ3) is 2.10. The zero-order chi connectivity index (χ0) is 13.4. The van der Waals surface area contributed by atoms with Crippen LogP contribution in [0.25, 0.3) is 22.4 Å². The van der Waals surface area contributed by atoms with Crippen molar-refractivity contribution in [3.05, 3.63) is 23.2 Å². The maximum absolute atomic E-state index is 5.78. The number of nitrogen functional groups attached to an aromatic ring is 1. The van der Waals surface area contributed by atoms with E-state index in [2.05, 4.69) is 20.2 Å². The van der Waals surface area contributed by atoms with Gasteiger partial charge in [0.15, 0.2) is 19.4 Å². The van der Waals surface area contributed by atoms with Crippen LogP contribution >= 0.6 is 11.3 Å². The molecule has 0 atom stereocenters. The quantitative estimate of drug-likeness (QED) is 0.678. The van der Waals surface area contributed by atoms with Gasteiger partial charge in [0, 0.05) is 11.8 Å². The standard InChI is InChI=1S/C11H10BN5OS/c1-5-2-3-19-8(5)11-17-16-10(18-11)7-9(13)14-4-6(12)15-7/h2-4H,12H2,1H3,(H2,13,14). The van der Waals surface area contributed by atoms with Crippen LogP contribution in [-0.4, -0.2) is 28.0 Å². The summed E-state index contributed by atoms with van der Waals surface area (Å²) in [5.41, 5.74) is 8.05. The molecule has 94 valence electrons. The number of thiophene rings is 1. The summed E-state index contributed by atoms with van der Waals surface area (Å²) in [4.78, 5) is 9.27. The number of nitrogens with two attached hydrogens (primary N) is 1. The van der Waals surface area contributed by atoms with Gasteiger partial charge in [0.25, 0.3) is 11.8 Å². The Morgan fingerprint density at radius 2 is 2.11 bits per heavy atom. The fourth-order valence-electron chi connectivity index (χ4n) is 1.65.